The zero-order valence-corrected chi connectivity index (χ0v) is 16.2. The molecule has 0 atom stereocenters. The van der Waals surface area contributed by atoms with Gasteiger partial charge in [-0.3, -0.25) is 14.3 Å². The van der Waals surface area contributed by atoms with Crippen LogP contribution in [0.5, 0.6) is 0 Å². The molecule has 0 spiro atoms. The van der Waals surface area contributed by atoms with Gasteiger partial charge in [-0.05, 0) is 31.9 Å². The summed E-state index contributed by atoms with van der Waals surface area (Å²) in [6.07, 6.45) is 3.97. The maximum Gasteiger partial charge on any atom is 0.343 e. The molecule has 1 aromatic heterocycles. The van der Waals surface area contributed by atoms with Gasteiger partial charge in [-0.25, -0.2) is 4.79 Å². The van der Waals surface area contributed by atoms with Gasteiger partial charge < -0.3 is 15.4 Å². The first kappa shape index (κ1) is 21.1. The van der Waals surface area contributed by atoms with Gasteiger partial charge in [0.2, 0.25) is 5.91 Å². The number of rotatable bonds is 10. The van der Waals surface area contributed by atoms with Crippen LogP contribution in [0.15, 0.2) is 36.5 Å². The van der Waals surface area contributed by atoms with Crippen LogP contribution in [-0.4, -0.2) is 40.7 Å². The molecule has 8 nitrogen and oxygen atoms in total. The minimum atomic E-state index is -0.514. The lowest BCUT2D eigenvalue weighted by atomic mass is 10.1. The van der Waals surface area contributed by atoms with Gasteiger partial charge in [0.15, 0.2) is 0 Å². The second kappa shape index (κ2) is 10.9. The monoisotopic (exact) mass is 386 g/mol. The largest absolute Gasteiger partial charge is 0.462 e. The fourth-order valence-corrected chi connectivity index (χ4v) is 2.62. The molecule has 2 rings (SSSR count). The molecule has 0 aliphatic carbocycles. The minimum Gasteiger partial charge on any atom is -0.462 e. The Morgan fingerprint density at radius 3 is 2.57 bits per heavy atom. The van der Waals surface area contributed by atoms with E-state index in [0.717, 1.165) is 12.8 Å². The molecular formula is C20H26N4O4. The van der Waals surface area contributed by atoms with Crippen LogP contribution in [0, 0.1) is 0 Å². The van der Waals surface area contributed by atoms with Crippen molar-refractivity contribution in [2.45, 2.75) is 32.6 Å². The predicted octanol–water partition coefficient (Wildman–Crippen LogP) is 2.53. The highest BCUT2D eigenvalue weighted by atomic mass is 16.5. The molecule has 0 bridgehead atoms. The first-order chi connectivity index (χ1) is 13.5. The molecule has 1 heterocycles. The number of unbranched alkanes of at least 4 members (excludes halogenated alkanes) is 2. The molecule has 8 heteroatoms. The first-order valence-corrected chi connectivity index (χ1v) is 9.35. The van der Waals surface area contributed by atoms with Crippen LogP contribution in [0.25, 0.3) is 0 Å². The van der Waals surface area contributed by atoms with Gasteiger partial charge >= 0.3 is 5.97 Å². The van der Waals surface area contributed by atoms with E-state index in [1.165, 1.54) is 10.9 Å². The fourth-order valence-electron chi connectivity index (χ4n) is 2.62. The third kappa shape index (κ3) is 6.22. The Balaban J connectivity index is 1.67. The number of nitrogens with one attached hydrogen (secondary N) is 2. The number of benzene rings is 1. The number of anilines is 1. The molecule has 0 saturated carbocycles. The van der Waals surface area contributed by atoms with E-state index in [4.69, 9.17) is 4.74 Å². The second-order valence-electron chi connectivity index (χ2n) is 6.23. The van der Waals surface area contributed by atoms with Crippen molar-refractivity contribution in [2.75, 3.05) is 18.5 Å². The average Bonchev–Trinajstić information content (AvgIpc) is 3.05. The molecule has 2 aromatic rings. The Bertz CT molecular complexity index is 802. The molecular weight excluding hydrogens is 360 g/mol. The lowest BCUT2D eigenvalue weighted by molar-refractivity contribution is -0.116. The van der Waals surface area contributed by atoms with Gasteiger partial charge in [0.25, 0.3) is 5.91 Å². The van der Waals surface area contributed by atoms with Crippen LogP contribution in [0.1, 0.15) is 53.3 Å². The molecule has 0 unspecified atom stereocenters. The number of ether oxygens (including phenoxy) is 1. The number of carbonyl (C=O) groups is 3. The Morgan fingerprint density at radius 2 is 1.86 bits per heavy atom. The summed E-state index contributed by atoms with van der Waals surface area (Å²) in [7, 11) is 1.65. The van der Waals surface area contributed by atoms with Gasteiger partial charge in [-0.2, -0.15) is 5.10 Å². The fraction of sp³-hybridized carbons (Fsp3) is 0.400. The van der Waals surface area contributed by atoms with Crippen LogP contribution in [0.4, 0.5) is 5.82 Å². The summed E-state index contributed by atoms with van der Waals surface area (Å²) in [4.78, 5) is 35.9. The molecule has 1 aromatic carbocycles. The minimum absolute atomic E-state index is 0.0963. The Hall–Kier alpha value is -3.16. The van der Waals surface area contributed by atoms with Crippen molar-refractivity contribution in [1.82, 2.24) is 15.1 Å². The summed E-state index contributed by atoms with van der Waals surface area (Å²) in [5.74, 6) is -0.470. The maximum atomic E-state index is 12.1. The number of hydrogen-bond donors (Lipinski definition) is 2. The number of amides is 2. The van der Waals surface area contributed by atoms with Crippen molar-refractivity contribution < 1.29 is 19.1 Å². The van der Waals surface area contributed by atoms with Gasteiger partial charge in [-0.1, -0.05) is 24.6 Å². The van der Waals surface area contributed by atoms with Crippen LogP contribution >= 0.6 is 0 Å². The molecule has 0 saturated heterocycles. The van der Waals surface area contributed by atoms with Crippen LogP contribution in [0.2, 0.25) is 0 Å². The van der Waals surface area contributed by atoms with E-state index in [1.54, 1.807) is 26.1 Å². The van der Waals surface area contributed by atoms with E-state index in [2.05, 4.69) is 15.7 Å². The molecule has 0 aliphatic heterocycles. The van der Waals surface area contributed by atoms with Crippen molar-refractivity contribution in [2.24, 2.45) is 7.05 Å². The number of aryl methyl sites for hydroxylation is 1. The van der Waals surface area contributed by atoms with E-state index >= 15 is 0 Å². The number of carbonyl (C=O) groups excluding carboxylic acids is 3. The van der Waals surface area contributed by atoms with Crippen molar-refractivity contribution in [3.63, 3.8) is 0 Å². The maximum absolute atomic E-state index is 12.1. The number of esters is 1. The molecule has 2 N–H and O–H groups in total. The van der Waals surface area contributed by atoms with E-state index in [1.807, 2.05) is 18.2 Å². The number of aromatic nitrogens is 2. The molecule has 0 aliphatic rings. The Morgan fingerprint density at radius 1 is 1.11 bits per heavy atom. The van der Waals surface area contributed by atoms with Gasteiger partial charge in [0.05, 0.1) is 12.8 Å². The summed E-state index contributed by atoms with van der Waals surface area (Å²) in [6, 6.07) is 9.04. The van der Waals surface area contributed by atoms with E-state index in [0.29, 0.717) is 30.8 Å². The van der Waals surface area contributed by atoms with E-state index in [9.17, 15) is 14.4 Å². The van der Waals surface area contributed by atoms with Crippen molar-refractivity contribution in [1.29, 1.82) is 0 Å². The average molecular weight is 386 g/mol. The molecule has 150 valence electrons. The third-order valence-corrected chi connectivity index (χ3v) is 4.09. The Kier molecular flexibility index (Phi) is 8.20. The van der Waals surface area contributed by atoms with Gasteiger partial charge in [-0.15, -0.1) is 0 Å². The standard InChI is InChI=1S/C20H26N4O4/c1-3-28-20(27)16-14-22-24(2)18(16)23-17(25)12-8-5-9-13-21-19(26)15-10-6-4-7-11-15/h4,6-7,10-11,14H,3,5,8-9,12-13H2,1-2H3,(H,21,26)(H,23,25). The van der Waals surface area contributed by atoms with Crippen LogP contribution in [0.3, 0.4) is 0 Å². The van der Waals surface area contributed by atoms with Gasteiger partial charge in [0.1, 0.15) is 11.4 Å². The Labute approximate surface area is 164 Å². The summed E-state index contributed by atoms with van der Waals surface area (Å²) in [5.41, 5.74) is 0.872. The normalized spacial score (nSPS) is 10.4. The second-order valence-corrected chi connectivity index (χ2v) is 6.23. The molecule has 28 heavy (non-hydrogen) atoms. The summed E-state index contributed by atoms with van der Waals surface area (Å²) >= 11 is 0. The lowest BCUT2D eigenvalue weighted by Gasteiger charge is -2.08. The zero-order chi connectivity index (χ0) is 20.4. The van der Waals surface area contributed by atoms with Gasteiger partial charge in [0, 0.05) is 25.6 Å². The lowest BCUT2D eigenvalue weighted by Crippen LogP contribution is -2.24. The third-order valence-electron chi connectivity index (χ3n) is 4.09. The van der Waals surface area contributed by atoms with Crippen molar-refractivity contribution in [3.8, 4) is 0 Å². The van der Waals surface area contributed by atoms with E-state index < -0.39 is 5.97 Å². The van der Waals surface area contributed by atoms with Crippen molar-refractivity contribution >= 4 is 23.6 Å². The van der Waals surface area contributed by atoms with Crippen LogP contribution in [-0.2, 0) is 16.6 Å². The number of nitrogens with zero attached hydrogens (tertiary/aromatic N) is 2. The predicted molar refractivity (Wildman–Crippen MR) is 105 cm³/mol. The van der Waals surface area contributed by atoms with E-state index in [-0.39, 0.29) is 24.0 Å². The highest BCUT2D eigenvalue weighted by Gasteiger charge is 2.18. The summed E-state index contributed by atoms with van der Waals surface area (Å²) in [5, 5.41) is 9.58. The summed E-state index contributed by atoms with van der Waals surface area (Å²) < 4.78 is 6.40. The smallest absolute Gasteiger partial charge is 0.343 e. The zero-order valence-electron chi connectivity index (χ0n) is 16.2. The summed E-state index contributed by atoms with van der Waals surface area (Å²) in [6.45, 7) is 2.53. The molecule has 2 amide bonds. The van der Waals surface area contributed by atoms with Crippen LogP contribution < -0.4 is 10.6 Å². The SMILES string of the molecule is CCOC(=O)c1cnn(C)c1NC(=O)CCCCCNC(=O)c1ccccc1. The highest BCUT2D eigenvalue weighted by Crippen LogP contribution is 2.16. The molecule has 0 fully saturated rings. The number of hydrogen-bond acceptors (Lipinski definition) is 5. The topological polar surface area (TPSA) is 102 Å². The molecule has 0 radical (unpaired) electrons. The van der Waals surface area contributed by atoms with Crippen molar-refractivity contribution in [3.05, 3.63) is 47.7 Å². The highest BCUT2D eigenvalue weighted by molar-refractivity contribution is 6.00. The quantitative estimate of drug-likeness (QED) is 0.482. The first-order valence-electron chi connectivity index (χ1n) is 9.35.